The van der Waals surface area contributed by atoms with Gasteiger partial charge in [0, 0.05) is 19.4 Å². The Labute approximate surface area is 406 Å². The molecule has 0 aliphatic carbocycles. The average molecular weight is 948 g/mol. The van der Waals surface area contributed by atoms with Crippen LogP contribution in [-0.2, 0) is 32.7 Å². The van der Waals surface area contributed by atoms with Crippen LogP contribution < -0.4 is 5.73 Å². The number of rotatable bonds is 51. The van der Waals surface area contributed by atoms with Crippen molar-refractivity contribution in [2.24, 2.45) is 5.73 Å². The summed E-state index contributed by atoms with van der Waals surface area (Å²) >= 11 is 0. The molecule has 0 saturated heterocycles. The predicted octanol–water partition coefficient (Wildman–Crippen LogP) is 16.8. The number of unbranched alkanes of at least 4 members (excludes halogenated alkanes) is 28. The molecule has 0 bridgehead atoms. The molecule has 0 spiro atoms. The van der Waals surface area contributed by atoms with E-state index < -0.39 is 26.5 Å². The van der Waals surface area contributed by atoms with E-state index in [1.807, 2.05) is 0 Å². The van der Waals surface area contributed by atoms with Crippen molar-refractivity contribution in [3.63, 3.8) is 0 Å². The molecule has 66 heavy (non-hydrogen) atoms. The summed E-state index contributed by atoms with van der Waals surface area (Å²) in [6.07, 6.45) is 64.3. The highest BCUT2D eigenvalue weighted by atomic mass is 31.2. The Morgan fingerprint density at radius 1 is 0.470 bits per heavy atom. The van der Waals surface area contributed by atoms with Crippen LogP contribution in [-0.4, -0.2) is 49.3 Å². The van der Waals surface area contributed by atoms with Crippen LogP contribution in [0.2, 0.25) is 0 Å². The molecule has 9 nitrogen and oxygen atoms in total. The van der Waals surface area contributed by atoms with Gasteiger partial charge < -0.3 is 20.1 Å². The average Bonchev–Trinajstić information content (AvgIpc) is 3.31. The maximum Gasteiger partial charge on any atom is 0.472 e. The number of phosphoric acid groups is 1. The third-order valence-electron chi connectivity index (χ3n) is 11.6. The highest BCUT2D eigenvalue weighted by molar-refractivity contribution is 7.47. The summed E-state index contributed by atoms with van der Waals surface area (Å²) in [5, 5.41) is 0. The normalized spacial score (nSPS) is 13.6. The van der Waals surface area contributed by atoms with Crippen molar-refractivity contribution >= 4 is 19.8 Å². The van der Waals surface area contributed by atoms with Gasteiger partial charge in [-0.15, -0.1) is 0 Å². The molecule has 2 unspecified atom stereocenters. The maximum atomic E-state index is 12.7. The molecule has 0 fully saturated rings. The summed E-state index contributed by atoms with van der Waals surface area (Å²) in [4.78, 5) is 35.0. The van der Waals surface area contributed by atoms with Crippen molar-refractivity contribution in [2.75, 3.05) is 26.4 Å². The van der Waals surface area contributed by atoms with Gasteiger partial charge in [-0.25, -0.2) is 4.57 Å². The van der Waals surface area contributed by atoms with Crippen molar-refractivity contribution in [1.82, 2.24) is 0 Å². The topological polar surface area (TPSA) is 134 Å². The predicted molar refractivity (Wildman–Crippen MR) is 279 cm³/mol. The summed E-state index contributed by atoms with van der Waals surface area (Å²) < 4.78 is 32.9. The zero-order valence-corrected chi connectivity index (χ0v) is 43.6. The van der Waals surface area contributed by atoms with Crippen molar-refractivity contribution in [2.45, 2.75) is 258 Å². The van der Waals surface area contributed by atoms with E-state index in [1.54, 1.807) is 0 Å². The number of carbonyl (C=O) groups is 2. The Bertz CT molecular complexity index is 1260. The van der Waals surface area contributed by atoms with Crippen LogP contribution in [0.4, 0.5) is 0 Å². The highest BCUT2D eigenvalue weighted by Gasteiger charge is 2.26. The summed E-state index contributed by atoms with van der Waals surface area (Å²) in [5.41, 5.74) is 5.36. The Hall–Kier alpha value is -2.29. The Kier molecular flexibility index (Phi) is 50.3. The first-order valence-electron chi connectivity index (χ1n) is 27.3. The van der Waals surface area contributed by atoms with Crippen molar-refractivity contribution in [3.8, 4) is 0 Å². The largest absolute Gasteiger partial charge is 0.472 e. The summed E-state index contributed by atoms with van der Waals surface area (Å²) in [6, 6.07) is 0. The third-order valence-corrected chi connectivity index (χ3v) is 12.6. The van der Waals surface area contributed by atoms with E-state index in [-0.39, 0.29) is 38.6 Å². The molecule has 0 amide bonds. The standard InChI is InChI=1S/C56H102NO8P/c1-3-5-7-9-11-13-15-17-18-19-20-21-22-23-24-25-26-27-28-29-30-31-32-33-34-35-36-37-39-41-43-45-47-49-56(59)65-54(53-64-66(60,61)63-51-50-57)52-62-55(58)48-46-44-42-40-38-16-14-12-10-8-6-4-2/h5,7,11-14,17-18,20-21,54H,3-4,6,8-10,15-16,19,22-53,57H2,1-2H3,(H,60,61)/b7-5-,13-11-,14-12-,18-17-,21-20-. The molecule has 0 heterocycles. The molecule has 0 aromatic heterocycles. The second kappa shape index (κ2) is 52.1. The van der Waals surface area contributed by atoms with Crippen LogP contribution >= 0.6 is 7.82 Å². The van der Waals surface area contributed by atoms with E-state index in [1.165, 1.54) is 141 Å². The number of hydrogen-bond acceptors (Lipinski definition) is 8. The Balaban J connectivity index is 3.85. The van der Waals surface area contributed by atoms with Crippen LogP contribution in [0.25, 0.3) is 0 Å². The van der Waals surface area contributed by atoms with E-state index in [2.05, 4.69) is 74.6 Å². The van der Waals surface area contributed by atoms with Crippen LogP contribution in [0.5, 0.6) is 0 Å². The number of ether oxygens (including phenoxy) is 2. The summed E-state index contributed by atoms with van der Waals surface area (Å²) in [7, 11) is -4.38. The number of esters is 2. The molecule has 10 heteroatoms. The fraction of sp³-hybridized carbons (Fsp3) is 0.786. The molecule has 0 aromatic carbocycles. The number of nitrogens with two attached hydrogens (primary N) is 1. The number of phosphoric ester groups is 1. The lowest BCUT2D eigenvalue weighted by Crippen LogP contribution is -2.29. The van der Waals surface area contributed by atoms with Crippen LogP contribution in [0.15, 0.2) is 60.8 Å². The Morgan fingerprint density at radius 3 is 1.26 bits per heavy atom. The molecule has 0 radical (unpaired) electrons. The van der Waals surface area contributed by atoms with Gasteiger partial charge in [0.15, 0.2) is 6.10 Å². The molecule has 0 aliphatic rings. The molecular weight excluding hydrogens is 846 g/mol. The SMILES string of the molecule is CC/C=C\C/C=C\C/C=C\C/C=C\CCCCCCCCCCCCCCCCCCCCCCC(=O)OC(COC(=O)CCCCCCC/C=C\CCCCC)COP(=O)(O)OCCN. The van der Waals surface area contributed by atoms with E-state index in [4.69, 9.17) is 24.3 Å². The molecular formula is C56H102NO8P. The lowest BCUT2D eigenvalue weighted by Gasteiger charge is -2.19. The smallest absolute Gasteiger partial charge is 0.462 e. The fourth-order valence-corrected chi connectivity index (χ4v) is 8.39. The lowest BCUT2D eigenvalue weighted by atomic mass is 10.0. The molecule has 3 N–H and O–H groups in total. The van der Waals surface area contributed by atoms with E-state index in [0.717, 1.165) is 77.0 Å². The summed E-state index contributed by atoms with van der Waals surface area (Å²) in [5.74, 6) is -0.832. The van der Waals surface area contributed by atoms with Crippen LogP contribution in [0.3, 0.4) is 0 Å². The quantitative estimate of drug-likeness (QED) is 0.0264. The molecule has 0 aliphatic heterocycles. The molecule has 0 rings (SSSR count). The van der Waals surface area contributed by atoms with Crippen LogP contribution in [0.1, 0.15) is 251 Å². The third kappa shape index (κ3) is 51.1. The van der Waals surface area contributed by atoms with Gasteiger partial charge in [0.1, 0.15) is 6.61 Å². The molecule has 0 saturated carbocycles. The van der Waals surface area contributed by atoms with Gasteiger partial charge in [-0.05, 0) is 77.0 Å². The maximum absolute atomic E-state index is 12.7. The van der Waals surface area contributed by atoms with Gasteiger partial charge in [0.2, 0.25) is 0 Å². The van der Waals surface area contributed by atoms with Gasteiger partial charge in [-0.2, -0.15) is 0 Å². The van der Waals surface area contributed by atoms with Crippen molar-refractivity contribution in [3.05, 3.63) is 60.8 Å². The monoisotopic (exact) mass is 948 g/mol. The molecule has 2 atom stereocenters. The first kappa shape index (κ1) is 63.7. The number of carbonyl (C=O) groups excluding carboxylic acids is 2. The van der Waals surface area contributed by atoms with E-state index >= 15 is 0 Å². The van der Waals surface area contributed by atoms with Gasteiger partial charge in [0.05, 0.1) is 13.2 Å². The minimum Gasteiger partial charge on any atom is -0.462 e. The molecule has 0 aromatic rings. The van der Waals surface area contributed by atoms with Crippen molar-refractivity contribution < 1.29 is 37.6 Å². The molecule has 384 valence electrons. The fourth-order valence-electron chi connectivity index (χ4n) is 7.62. The highest BCUT2D eigenvalue weighted by Crippen LogP contribution is 2.43. The van der Waals surface area contributed by atoms with Crippen molar-refractivity contribution in [1.29, 1.82) is 0 Å². The Morgan fingerprint density at radius 2 is 0.833 bits per heavy atom. The summed E-state index contributed by atoms with van der Waals surface area (Å²) in [6.45, 7) is 3.61. The second-order valence-electron chi connectivity index (χ2n) is 18.1. The van der Waals surface area contributed by atoms with E-state index in [0.29, 0.717) is 6.42 Å². The first-order valence-corrected chi connectivity index (χ1v) is 28.8. The first-order chi connectivity index (χ1) is 32.3. The zero-order valence-electron chi connectivity index (χ0n) is 42.7. The number of allylic oxidation sites excluding steroid dienone is 10. The minimum atomic E-state index is -4.38. The van der Waals surface area contributed by atoms with Gasteiger partial charge in [0.25, 0.3) is 0 Å². The van der Waals surface area contributed by atoms with Gasteiger partial charge in [-0.3, -0.25) is 18.6 Å². The lowest BCUT2D eigenvalue weighted by molar-refractivity contribution is -0.161. The zero-order chi connectivity index (χ0) is 48.1. The van der Waals surface area contributed by atoms with Gasteiger partial charge >= 0.3 is 19.8 Å². The van der Waals surface area contributed by atoms with Crippen LogP contribution in [0, 0.1) is 0 Å². The minimum absolute atomic E-state index is 0.0524. The van der Waals surface area contributed by atoms with E-state index in [9.17, 15) is 19.0 Å². The number of hydrogen-bond donors (Lipinski definition) is 2. The van der Waals surface area contributed by atoms with Gasteiger partial charge in [-0.1, -0.05) is 222 Å². The second-order valence-corrected chi connectivity index (χ2v) is 19.5.